The van der Waals surface area contributed by atoms with Crippen molar-refractivity contribution in [1.29, 1.82) is 0 Å². The molecule has 0 amide bonds. The fourth-order valence-corrected chi connectivity index (χ4v) is 1.50. The Morgan fingerprint density at radius 2 is 1.94 bits per heavy atom. The van der Waals surface area contributed by atoms with Gasteiger partial charge in [-0.05, 0) is 12.1 Å². The maximum atomic E-state index is 11.9. The molecule has 1 aromatic rings. The molecule has 1 atom stereocenters. The molecule has 5 heteroatoms. The number of benzene rings is 1. The highest BCUT2D eigenvalue weighted by molar-refractivity contribution is 6.03. The Labute approximate surface area is 99.8 Å². The van der Waals surface area contributed by atoms with E-state index in [1.54, 1.807) is 23.1 Å². The van der Waals surface area contributed by atoms with Gasteiger partial charge in [0.25, 0.3) is 0 Å². The molecule has 17 heavy (non-hydrogen) atoms. The highest BCUT2D eigenvalue weighted by Gasteiger charge is 2.19. The molecular weight excluding hydrogens is 220 g/mol. The monoisotopic (exact) mass is 236 g/mol. The second-order valence-electron chi connectivity index (χ2n) is 3.98. The third kappa shape index (κ3) is 3.29. The summed E-state index contributed by atoms with van der Waals surface area (Å²) in [6.07, 6.45) is -0.194. The van der Waals surface area contributed by atoms with E-state index < -0.39 is 12.0 Å². The largest absolute Gasteiger partial charge is 0.480 e. The molecule has 0 aliphatic heterocycles. The van der Waals surface area contributed by atoms with Crippen molar-refractivity contribution in [3.05, 3.63) is 29.8 Å². The SMILES string of the molecule is CN(C)c1ccccc1C(=O)CC(N)C(=O)O. The second kappa shape index (κ2) is 5.45. The number of para-hydroxylation sites is 1. The lowest BCUT2D eigenvalue weighted by Crippen LogP contribution is -2.32. The zero-order valence-electron chi connectivity index (χ0n) is 9.88. The van der Waals surface area contributed by atoms with Crippen LogP contribution in [0.25, 0.3) is 0 Å². The van der Waals surface area contributed by atoms with E-state index >= 15 is 0 Å². The van der Waals surface area contributed by atoms with Gasteiger partial charge in [0.15, 0.2) is 5.78 Å². The molecule has 0 aliphatic carbocycles. The molecule has 0 heterocycles. The van der Waals surface area contributed by atoms with Gasteiger partial charge >= 0.3 is 5.97 Å². The van der Waals surface area contributed by atoms with Crippen LogP contribution >= 0.6 is 0 Å². The first-order chi connectivity index (χ1) is 7.93. The van der Waals surface area contributed by atoms with Crippen LogP contribution < -0.4 is 10.6 Å². The van der Waals surface area contributed by atoms with Crippen molar-refractivity contribution < 1.29 is 14.7 Å². The highest BCUT2D eigenvalue weighted by Crippen LogP contribution is 2.19. The van der Waals surface area contributed by atoms with Crippen molar-refractivity contribution in [3.8, 4) is 0 Å². The Morgan fingerprint density at radius 1 is 1.35 bits per heavy atom. The molecule has 0 radical (unpaired) electrons. The van der Waals surface area contributed by atoms with Crippen LogP contribution in [-0.2, 0) is 4.79 Å². The molecule has 0 saturated carbocycles. The zero-order chi connectivity index (χ0) is 13.0. The van der Waals surface area contributed by atoms with Gasteiger partial charge in [-0.25, -0.2) is 0 Å². The van der Waals surface area contributed by atoms with Crippen molar-refractivity contribution >= 4 is 17.4 Å². The number of rotatable bonds is 5. The Bertz CT molecular complexity index is 430. The minimum absolute atomic E-state index is 0.194. The number of Topliss-reactive ketones (excluding diaryl/α,β-unsaturated/α-hetero) is 1. The highest BCUT2D eigenvalue weighted by atomic mass is 16.4. The number of aliphatic carboxylic acids is 1. The molecule has 0 spiro atoms. The average molecular weight is 236 g/mol. The van der Waals surface area contributed by atoms with Gasteiger partial charge in [-0.15, -0.1) is 0 Å². The normalized spacial score (nSPS) is 11.9. The summed E-state index contributed by atoms with van der Waals surface area (Å²) in [7, 11) is 3.65. The summed E-state index contributed by atoms with van der Waals surface area (Å²) in [5.41, 5.74) is 6.60. The summed E-state index contributed by atoms with van der Waals surface area (Å²) in [6.45, 7) is 0. The summed E-state index contributed by atoms with van der Waals surface area (Å²) >= 11 is 0. The molecule has 0 saturated heterocycles. The minimum atomic E-state index is -1.17. The molecule has 92 valence electrons. The summed E-state index contributed by atoms with van der Waals surface area (Å²) < 4.78 is 0. The van der Waals surface area contributed by atoms with Gasteiger partial charge in [0.05, 0.1) is 0 Å². The molecule has 0 bridgehead atoms. The number of carbonyl (C=O) groups is 2. The lowest BCUT2D eigenvalue weighted by Gasteiger charge is -2.17. The van der Waals surface area contributed by atoms with Crippen LogP contribution in [0.15, 0.2) is 24.3 Å². The molecular formula is C12H16N2O3. The minimum Gasteiger partial charge on any atom is -0.480 e. The lowest BCUT2D eigenvalue weighted by molar-refractivity contribution is -0.138. The molecule has 3 N–H and O–H groups in total. The Kier molecular flexibility index (Phi) is 4.23. The first-order valence-corrected chi connectivity index (χ1v) is 5.21. The summed E-state index contributed by atoms with van der Waals surface area (Å²) in [6, 6.07) is 5.89. The predicted molar refractivity (Wildman–Crippen MR) is 65.3 cm³/mol. The maximum absolute atomic E-state index is 11.9. The lowest BCUT2D eigenvalue weighted by atomic mass is 10.0. The number of anilines is 1. The number of carboxylic acids is 1. The quantitative estimate of drug-likeness (QED) is 0.736. The molecule has 0 aliphatic rings. The summed E-state index contributed by atoms with van der Waals surface area (Å²) in [4.78, 5) is 24.3. The van der Waals surface area contributed by atoms with E-state index in [0.717, 1.165) is 5.69 Å². The molecule has 1 rings (SSSR count). The van der Waals surface area contributed by atoms with Crippen LogP contribution in [0.5, 0.6) is 0 Å². The van der Waals surface area contributed by atoms with E-state index in [0.29, 0.717) is 5.56 Å². The van der Waals surface area contributed by atoms with Crippen LogP contribution in [-0.4, -0.2) is 37.0 Å². The van der Waals surface area contributed by atoms with Gasteiger partial charge < -0.3 is 15.7 Å². The fraction of sp³-hybridized carbons (Fsp3) is 0.333. The number of hydrogen-bond donors (Lipinski definition) is 2. The molecule has 5 nitrogen and oxygen atoms in total. The molecule has 0 fully saturated rings. The van der Waals surface area contributed by atoms with Crippen LogP contribution in [0.2, 0.25) is 0 Å². The van der Waals surface area contributed by atoms with Gasteiger partial charge in [-0.2, -0.15) is 0 Å². The first kappa shape index (κ1) is 13.2. The zero-order valence-corrected chi connectivity index (χ0v) is 9.88. The van der Waals surface area contributed by atoms with Crippen molar-refractivity contribution in [2.75, 3.05) is 19.0 Å². The van der Waals surface area contributed by atoms with Crippen molar-refractivity contribution in [2.24, 2.45) is 5.73 Å². The van der Waals surface area contributed by atoms with E-state index in [1.165, 1.54) is 0 Å². The van der Waals surface area contributed by atoms with Crippen LogP contribution in [0.3, 0.4) is 0 Å². The van der Waals surface area contributed by atoms with Gasteiger partial charge in [0.2, 0.25) is 0 Å². The predicted octanol–water partition coefficient (Wildman–Crippen LogP) is 0.737. The third-order valence-corrected chi connectivity index (χ3v) is 2.41. The van der Waals surface area contributed by atoms with E-state index in [4.69, 9.17) is 10.8 Å². The number of nitrogens with zero attached hydrogens (tertiary/aromatic N) is 1. The number of hydrogen-bond acceptors (Lipinski definition) is 4. The van der Waals surface area contributed by atoms with Crippen molar-refractivity contribution in [2.45, 2.75) is 12.5 Å². The molecule has 0 aromatic heterocycles. The van der Waals surface area contributed by atoms with E-state index in [1.807, 2.05) is 20.2 Å². The number of carbonyl (C=O) groups excluding carboxylic acids is 1. The Hall–Kier alpha value is -1.88. The smallest absolute Gasteiger partial charge is 0.320 e. The second-order valence-corrected chi connectivity index (χ2v) is 3.98. The Morgan fingerprint density at radius 3 is 2.47 bits per heavy atom. The first-order valence-electron chi connectivity index (χ1n) is 5.21. The van der Waals surface area contributed by atoms with Crippen LogP contribution in [0.1, 0.15) is 16.8 Å². The molecule has 1 unspecified atom stereocenters. The van der Waals surface area contributed by atoms with Gasteiger partial charge in [-0.1, -0.05) is 12.1 Å². The van der Waals surface area contributed by atoms with E-state index in [9.17, 15) is 9.59 Å². The van der Waals surface area contributed by atoms with Gasteiger partial charge in [0, 0.05) is 31.8 Å². The third-order valence-electron chi connectivity index (χ3n) is 2.41. The van der Waals surface area contributed by atoms with E-state index in [-0.39, 0.29) is 12.2 Å². The fourth-order valence-electron chi connectivity index (χ4n) is 1.50. The summed E-state index contributed by atoms with van der Waals surface area (Å²) in [5.74, 6) is -1.43. The topological polar surface area (TPSA) is 83.6 Å². The number of ketones is 1. The van der Waals surface area contributed by atoms with Crippen LogP contribution in [0, 0.1) is 0 Å². The number of carboxylic acid groups (broad SMARTS) is 1. The summed E-state index contributed by atoms with van der Waals surface area (Å²) in [5, 5.41) is 8.67. The van der Waals surface area contributed by atoms with Gasteiger partial charge in [-0.3, -0.25) is 9.59 Å². The molecule has 1 aromatic carbocycles. The standard InChI is InChI=1S/C12H16N2O3/c1-14(2)10-6-4-3-5-8(10)11(15)7-9(13)12(16)17/h3-6,9H,7,13H2,1-2H3,(H,16,17). The van der Waals surface area contributed by atoms with Crippen molar-refractivity contribution in [3.63, 3.8) is 0 Å². The number of nitrogens with two attached hydrogens (primary N) is 1. The van der Waals surface area contributed by atoms with Gasteiger partial charge in [0.1, 0.15) is 6.04 Å². The maximum Gasteiger partial charge on any atom is 0.320 e. The average Bonchev–Trinajstić information content (AvgIpc) is 2.28. The Balaban J connectivity index is 2.93. The van der Waals surface area contributed by atoms with Crippen molar-refractivity contribution in [1.82, 2.24) is 0 Å². The van der Waals surface area contributed by atoms with Crippen LogP contribution in [0.4, 0.5) is 5.69 Å². The van der Waals surface area contributed by atoms with E-state index in [2.05, 4.69) is 0 Å².